The number of amides is 2. The number of piperidine rings is 1. The number of nitrogens with one attached hydrogen (secondary N) is 1. The smallest absolute Gasteiger partial charge is 0.246 e. The van der Waals surface area contributed by atoms with Gasteiger partial charge in [0, 0.05) is 6.04 Å². The van der Waals surface area contributed by atoms with Crippen LogP contribution in [0.2, 0.25) is 0 Å². The second-order valence-corrected chi connectivity index (χ2v) is 6.74. The van der Waals surface area contributed by atoms with Crippen molar-refractivity contribution in [1.82, 2.24) is 10.2 Å². The summed E-state index contributed by atoms with van der Waals surface area (Å²) in [7, 11) is 0. The summed E-state index contributed by atoms with van der Waals surface area (Å²) in [6.07, 6.45) is 6.20. The number of likely N-dealkylation sites (tertiary alicyclic amines) is 1. The van der Waals surface area contributed by atoms with Crippen LogP contribution in [-0.4, -0.2) is 53.1 Å². The normalized spacial score (nSPS) is 24.6. The molecule has 1 heterocycles. The van der Waals surface area contributed by atoms with Gasteiger partial charge >= 0.3 is 0 Å². The number of carbonyl (C=O) groups is 2. The summed E-state index contributed by atoms with van der Waals surface area (Å²) in [4.78, 5) is 25.5. The van der Waals surface area contributed by atoms with Crippen LogP contribution in [0, 0.1) is 5.92 Å². The van der Waals surface area contributed by atoms with Gasteiger partial charge in [0.1, 0.15) is 6.10 Å². The summed E-state index contributed by atoms with van der Waals surface area (Å²) < 4.78 is 0. The van der Waals surface area contributed by atoms with Gasteiger partial charge in [-0.25, -0.2) is 0 Å². The first-order chi connectivity index (χ1) is 10.5. The molecule has 0 aromatic carbocycles. The van der Waals surface area contributed by atoms with E-state index in [1.807, 2.05) is 6.92 Å². The van der Waals surface area contributed by atoms with E-state index < -0.39 is 12.0 Å². The molecule has 1 saturated heterocycles. The highest BCUT2D eigenvalue weighted by molar-refractivity contribution is 5.81. The van der Waals surface area contributed by atoms with E-state index in [9.17, 15) is 14.7 Å². The lowest BCUT2D eigenvalue weighted by Gasteiger charge is -2.37. The van der Waals surface area contributed by atoms with Gasteiger partial charge in [-0.1, -0.05) is 19.3 Å². The van der Waals surface area contributed by atoms with E-state index in [2.05, 4.69) is 10.2 Å². The number of nitrogens with zero attached hydrogens (tertiary/aromatic N) is 1. The molecule has 1 saturated carbocycles. The predicted octanol–water partition coefficient (Wildman–Crippen LogP) is 0.382. The lowest BCUT2D eigenvalue weighted by atomic mass is 9.90. The van der Waals surface area contributed by atoms with E-state index in [4.69, 9.17) is 5.73 Å². The highest BCUT2D eigenvalue weighted by atomic mass is 16.3. The van der Waals surface area contributed by atoms with Gasteiger partial charge in [-0.2, -0.15) is 0 Å². The second kappa shape index (κ2) is 7.92. The van der Waals surface area contributed by atoms with Crippen molar-refractivity contribution in [3.8, 4) is 0 Å². The van der Waals surface area contributed by atoms with Crippen LogP contribution in [0.15, 0.2) is 0 Å². The highest BCUT2D eigenvalue weighted by Crippen LogP contribution is 2.23. The third-order valence-corrected chi connectivity index (χ3v) is 5.19. The molecular formula is C16H29N3O3. The van der Waals surface area contributed by atoms with E-state index in [1.54, 1.807) is 0 Å². The molecule has 2 rings (SSSR count). The van der Waals surface area contributed by atoms with Crippen molar-refractivity contribution in [3.63, 3.8) is 0 Å². The molecule has 0 spiro atoms. The number of primary amides is 1. The van der Waals surface area contributed by atoms with Crippen LogP contribution in [0.3, 0.4) is 0 Å². The van der Waals surface area contributed by atoms with Gasteiger partial charge in [-0.05, 0) is 51.6 Å². The zero-order valence-corrected chi connectivity index (χ0v) is 13.5. The summed E-state index contributed by atoms with van der Waals surface area (Å²) in [6, 6.07) is 0.173. The molecule has 0 radical (unpaired) electrons. The maximum Gasteiger partial charge on any atom is 0.246 e. The van der Waals surface area contributed by atoms with Gasteiger partial charge in [-0.3, -0.25) is 14.5 Å². The molecule has 2 amide bonds. The first-order valence-corrected chi connectivity index (χ1v) is 8.51. The molecule has 2 atom stereocenters. The molecule has 1 aliphatic carbocycles. The summed E-state index contributed by atoms with van der Waals surface area (Å²) in [5.74, 6) is -0.635. The quantitative estimate of drug-likeness (QED) is 0.684. The Morgan fingerprint density at radius 2 is 1.73 bits per heavy atom. The Balaban J connectivity index is 1.77. The van der Waals surface area contributed by atoms with Crippen molar-refractivity contribution in [2.45, 2.75) is 70.1 Å². The Labute approximate surface area is 132 Å². The largest absolute Gasteiger partial charge is 0.383 e. The van der Waals surface area contributed by atoms with Crippen molar-refractivity contribution < 1.29 is 14.7 Å². The molecule has 0 unspecified atom stereocenters. The maximum atomic E-state index is 12.4. The third kappa shape index (κ3) is 4.43. The Hall–Kier alpha value is -1.14. The van der Waals surface area contributed by atoms with E-state index in [0.717, 1.165) is 12.8 Å². The zero-order chi connectivity index (χ0) is 16.1. The number of hydrogen-bond acceptors (Lipinski definition) is 4. The second-order valence-electron chi connectivity index (χ2n) is 6.74. The fraction of sp³-hybridized carbons (Fsp3) is 0.875. The molecular weight excluding hydrogens is 282 g/mol. The third-order valence-electron chi connectivity index (χ3n) is 5.19. The Kier molecular flexibility index (Phi) is 6.20. The monoisotopic (exact) mass is 311 g/mol. The van der Waals surface area contributed by atoms with Crippen LogP contribution in [-0.2, 0) is 9.59 Å². The molecule has 2 fully saturated rings. The first-order valence-electron chi connectivity index (χ1n) is 8.51. The van der Waals surface area contributed by atoms with Crippen LogP contribution in [0.4, 0.5) is 0 Å². The fourth-order valence-electron chi connectivity index (χ4n) is 3.59. The Morgan fingerprint density at radius 3 is 2.27 bits per heavy atom. The molecule has 0 bridgehead atoms. The minimum absolute atomic E-state index is 0.0812. The van der Waals surface area contributed by atoms with Gasteiger partial charge < -0.3 is 16.2 Å². The van der Waals surface area contributed by atoms with Crippen LogP contribution in [0.25, 0.3) is 0 Å². The number of hydrogen-bond donors (Lipinski definition) is 3. The summed E-state index contributed by atoms with van der Waals surface area (Å²) >= 11 is 0. The molecule has 0 aromatic rings. The first kappa shape index (κ1) is 17.2. The molecule has 126 valence electrons. The molecule has 6 nitrogen and oxygen atoms in total. The molecule has 1 aliphatic heterocycles. The van der Waals surface area contributed by atoms with Gasteiger partial charge in [0.25, 0.3) is 0 Å². The highest BCUT2D eigenvalue weighted by Gasteiger charge is 2.32. The molecule has 4 N–H and O–H groups in total. The van der Waals surface area contributed by atoms with Crippen molar-refractivity contribution in [2.75, 3.05) is 13.1 Å². The van der Waals surface area contributed by atoms with Crippen LogP contribution in [0.1, 0.15) is 51.9 Å². The van der Waals surface area contributed by atoms with Gasteiger partial charge in [0.05, 0.1) is 6.04 Å². The van der Waals surface area contributed by atoms with Crippen molar-refractivity contribution in [1.29, 1.82) is 0 Å². The SMILES string of the molecule is C[C@@H](C(=O)NC1CCCCC1)N1CCC([C@@H](O)C(N)=O)CC1. The van der Waals surface area contributed by atoms with Crippen molar-refractivity contribution >= 4 is 11.8 Å². The molecule has 22 heavy (non-hydrogen) atoms. The van der Waals surface area contributed by atoms with Gasteiger partial charge in [0.2, 0.25) is 11.8 Å². The molecule has 2 aliphatic rings. The minimum atomic E-state index is -1.06. The van der Waals surface area contributed by atoms with E-state index in [0.29, 0.717) is 32.0 Å². The number of aliphatic hydroxyl groups is 1. The Bertz CT molecular complexity index is 388. The summed E-state index contributed by atoms with van der Waals surface area (Å²) in [6.45, 7) is 3.37. The van der Waals surface area contributed by atoms with Gasteiger partial charge in [-0.15, -0.1) is 0 Å². The van der Waals surface area contributed by atoms with Gasteiger partial charge in [0.15, 0.2) is 0 Å². The summed E-state index contributed by atoms with van der Waals surface area (Å²) in [5.41, 5.74) is 5.15. The van der Waals surface area contributed by atoms with Crippen molar-refractivity contribution in [2.24, 2.45) is 11.7 Å². The lowest BCUT2D eigenvalue weighted by Crippen LogP contribution is -2.52. The average Bonchev–Trinajstić information content (AvgIpc) is 2.54. The van der Waals surface area contributed by atoms with Crippen LogP contribution in [0.5, 0.6) is 0 Å². The fourth-order valence-corrected chi connectivity index (χ4v) is 3.59. The van der Waals surface area contributed by atoms with Crippen LogP contribution >= 0.6 is 0 Å². The summed E-state index contributed by atoms with van der Waals surface area (Å²) in [5, 5.41) is 12.9. The molecule has 0 aromatic heterocycles. The zero-order valence-electron chi connectivity index (χ0n) is 13.5. The maximum absolute atomic E-state index is 12.4. The van der Waals surface area contributed by atoms with E-state index >= 15 is 0 Å². The standard InChI is InChI=1S/C16H29N3O3/c1-11(16(22)18-13-5-3-2-4-6-13)19-9-7-12(8-10-19)14(20)15(17)21/h11-14,20H,2-10H2,1H3,(H2,17,21)(H,18,22)/t11-,14+/m0/s1. The number of nitrogens with two attached hydrogens (primary N) is 1. The molecule has 6 heteroatoms. The van der Waals surface area contributed by atoms with E-state index in [-0.39, 0.29) is 17.9 Å². The topological polar surface area (TPSA) is 95.7 Å². The van der Waals surface area contributed by atoms with Crippen molar-refractivity contribution in [3.05, 3.63) is 0 Å². The van der Waals surface area contributed by atoms with E-state index in [1.165, 1.54) is 19.3 Å². The lowest BCUT2D eigenvalue weighted by molar-refractivity contribution is -0.132. The number of carbonyl (C=O) groups excluding carboxylic acids is 2. The predicted molar refractivity (Wildman–Crippen MR) is 84.0 cm³/mol. The number of rotatable bonds is 5. The Morgan fingerprint density at radius 1 is 1.14 bits per heavy atom. The van der Waals surface area contributed by atoms with Crippen LogP contribution < -0.4 is 11.1 Å². The minimum Gasteiger partial charge on any atom is -0.383 e. The number of aliphatic hydroxyl groups excluding tert-OH is 1. The average molecular weight is 311 g/mol.